The van der Waals surface area contributed by atoms with Crippen LogP contribution in [0, 0.1) is 11.6 Å². The van der Waals surface area contributed by atoms with Crippen LogP contribution in [0.1, 0.15) is 0 Å². The van der Waals surface area contributed by atoms with E-state index in [-0.39, 0.29) is 23.1 Å². The number of hydrogen-bond donors (Lipinski definition) is 1. The van der Waals surface area contributed by atoms with Crippen molar-refractivity contribution in [2.45, 2.75) is 5.16 Å². The summed E-state index contributed by atoms with van der Waals surface area (Å²) in [6.45, 7) is 0. The molecule has 0 saturated carbocycles. The molecule has 0 atom stereocenters. The van der Waals surface area contributed by atoms with Gasteiger partial charge in [0, 0.05) is 0 Å². The molecule has 2 aromatic heterocycles. The van der Waals surface area contributed by atoms with Gasteiger partial charge in [0.1, 0.15) is 11.6 Å². The molecule has 0 fully saturated rings. The van der Waals surface area contributed by atoms with Crippen molar-refractivity contribution in [3.8, 4) is 11.4 Å². The summed E-state index contributed by atoms with van der Waals surface area (Å²) in [6.07, 6.45) is 1.78. The average molecular weight is 294 g/mol. The second-order valence-corrected chi connectivity index (χ2v) is 4.59. The summed E-state index contributed by atoms with van der Waals surface area (Å²) >= 11 is 1.28. The standard InChI is InChI=1S/C11H8F2N6S/c1-20-11-16-9(14)19-10(17-11)15-8(18-19)7-5(12)3-2-4-6(7)13/h2-4H,1H3,(H2,14,15,16,17,18). The second kappa shape index (κ2) is 4.67. The lowest BCUT2D eigenvalue weighted by molar-refractivity contribution is 0.587. The van der Waals surface area contributed by atoms with E-state index in [2.05, 4.69) is 20.1 Å². The van der Waals surface area contributed by atoms with E-state index in [0.29, 0.717) is 5.16 Å². The van der Waals surface area contributed by atoms with Crippen LogP contribution < -0.4 is 5.73 Å². The number of nitrogen functional groups attached to an aromatic ring is 1. The molecule has 3 rings (SSSR count). The number of hydrogen-bond acceptors (Lipinski definition) is 6. The Morgan fingerprint density at radius 2 is 1.85 bits per heavy atom. The molecule has 0 saturated heterocycles. The van der Waals surface area contributed by atoms with Gasteiger partial charge in [0.25, 0.3) is 5.78 Å². The predicted octanol–water partition coefficient (Wildman–Crippen LogP) is 1.77. The Labute approximate surface area is 116 Å². The molecule has 1 aromatic carbocycles. The first-order valence-corrected chi connectivity index (χ1v) is 6.71. The van der Waals surface area contributed by atoms with E-state index in [1.54, 1.807) is 6.26 Å². The molecular formula is C11H8F2N6S. The molecule has 3 aromatic rings. The fraction of sp³-hybridized carbons (Fsp3) is 0.0909. The molecule has 0 amide bonds. The van der Waals surface area contributed by atoms with E-state index < -0.39 is 11.6 Å². The Bertz CT molecular complexity index is 783. The van der Waals surface area contributed by atoms with Gasteiger partial charge in [-0.3, -0.25) is 0 Å². The minimum absolute atomic E-state index is 0.0508. The fourth-order valence-corrected chi connectivity index (χ4v) is 2.05. The minimum atomic E-state index is -0.752. The molecule has 20 heavy (non-hydrogen) atoms. The van der Waals surface area contributed by atoms with Crippen molar-refractivity contribution in [1.29, 1.82) is 0 Å². The molecule has 0 spiro atoms. The van der Waals surface area contributed by atoms with Crippen molar-refractivity contribution in [2.24, 2.45) is 0 Å². The Morgan fingerprint density at radius 1 is 1.15 bits per heavy atom. The average Bonchev–Trinajstić information content (AvgIpc) is 2.82. The van der Waals surface area contributed by atoms with Gasteiger partial charge < -0.3 is 5.73 Å². The number of rotatable bonds is 2. The van der Waals surface area contributed by atoms with Gasteiger partial charge in [-0.05, 0) is 18.4 Å². The molecule has 102 valence electrons. The molecule has 6 nitrogen and oxygen atoms in total. The maximum absolute atomic E-state index is 13.7. The van der Waals surface area contributed by atoms with Gasteiger partial charge >= 0.3 is 0 Å². The van der Waals surface area contributed by atoms with Gasteiger partial charge in [0.15, 0.2) is 11.0 Å². The normalized spacial score (nSPS) is 11.2. The van der Waals surface area contributed by atoms with E-state index >= 15 is 0 Å². The highest BCUT2D eigenvalue weighted by Gasteiger charge is 2.18. The van der Waals surface area contributed by atoms with Crippen LogP contribution in [-0.2, 0) is 0 Å². The van der Waals surface area contributed by atoms with Crippen LogP contribution >= 0.6 is 11.8 Å². The number of anilines is 1. The predicted molar refractivity (Wildman–Crippen MR) is 70.1 cm³/mol. The molecule has 2 heterocycles. The van der Waals surface area contributed by atoms with Crippen molar-refractivity contribution in [1.82, 2.24) is 24.6 Å². The summed E-state index contributed by atoms with van der Waals surface area (Å²) in [5.74, 6) is -1.44. The molecule has 2 N–H and O–H groups in total. The van der Waals surface area contributed by atoms with Crippen LogP contribution in [0.2, 0.25) is 0 Å². The lowest BCUT2D eigenvalue weighted by Crippen LogP contribution is -2.04. The molecule has 0 radical (unpaired) electrons. The van der Waals surface area contributed by atoms with Crippen molar-refractivity contribution in [3.63, 3.8) is 0 Å². The smallest absolute Gasteiger partial charge is 0.258 e. The van der Waals surface area contributed by atoms with Crippen LogP contribution in [0.15, 0.2) is 23.4 Å². The Morgan fingerprint density at radius 3 is 2.50 bits per heavy atom. The maximum Gasteiger partial charge on any atom is 0.258 e. The number of halogens is 2. The van der Waals surface area contributed by atoms with Crippen LogP contribution in [0.25, 0.3) is 17.2 Å². The van der Waals surface area contributed by atoms with E-state index in [1.807, 2.05) is 0 Å². The maximum atomic E-state index is 13.7. The summed E-state index contributed by atoms with van der Waals surface area (Å²) in [5, 5.41) is 4.35. The van der Waals surface area contributed by atoms with Crippen LogP contribution in [-0.4, -0.2) is 30.8 Å². The van der Waals surface area contributed by atoms with Crippen LogP contribution in [0.4, 0.5) is 14.7 Å². The molecule has 0 aliphatic heterocycles. The molecule has 0 bridgehead atoms. The fourth-order valence-electron chi connectivity index (χ4n) is 1.69. The third-order valence-corrected chi connectivity index (χ3v) is 3.13. The van der Waals surface area contributed by atoms with Gasteiger partial charge in [0.05, 0.1) is 5.56 Å². The summed E-state index contributed by atoms with van der Waals surface area (Å²) in [5.41, 5.74) is 5.39. The molecular weight excluding hydrogens is 286 g/mol. The van der Waals surface area contributed by atoms with Crippen molar-refractivity contribution >= 4 is 23.5 Å². The molecule has 0 aliphatic carbocycles. The quantitative estimate of drug-likeness (QED) is 0.725. The first-order valence-electron chi connectivity index (χ1n) is 5.49. The largest absolute Gasteiger partial charge is 0.368 e. The van der Waals surface area contributed by atoms with E-state index in [9.17, 15) is 8.78 Å². The third-order valence-electron chi connectivity index (χ3n) is 2.58. The van der Waals surface area contributed by atoms with Crippen LogP contribution in [0.3, 0.4) is 0 Å². The lowest BCUT2D eigenvalue weighted by Gasteiger charge is -1.99. The highest BCUT2D eigenvalue weighted by Crippen LogP contribution is 2.24. The van der Waals surface area contributed by atoms with Crippen LogP contribution in [0.5, 0.6) is 0 Å². The van der Waals surface area contributed by atoms with Crippen molar-refractivity contribution in [2.75, 3.05) is 12.0 Å². The lowest BCUT2D eigenvalue weighted by atomic mass is 10.2. The topological polar surface area (TPSA) is 82.0 Å². The minimum Gasteiger partial charge on any atom is -0.368 e. The zero-order valence-electron chi connectivity index (χ0n) is 10.2. The van der Waals surface area contributed by atoms with Gasteiger partial charge in [-0.1, -0.05) is 17.8 Å². The zero-order chi connectivity index (χ0) is 14.3. The van der Waals surface area contributed by atoms with E-state index in [1.165, 1.54) is 17.8 Å². The Hall–Kier alpha value is -2.29. The van der Waals surface area contributed by atoms with E-state index in [0.717, 1.165) is 16.6 Å². The monoisotopic (exact) mass is 294 g/mol. The number of nitrogens with two attached hydrogens (primary N) is 1. The van der Waals surface area contributed by atoms with Crippen molar-refractivity contribution < 1.29 is 8.78 Å². The number of aromatic nitrogens is 5. The molecule has 0 aliphatic rings. The number of benzene rings is 1. The Balaban J connectivity index is 2.26. The van der Waals surface area contributed by atoms with Gasteiger partial charge in [-0.25, -0.2) is 8.78 Å². The number of nitrogens with zero attached hydrogens (tertiary/aromatic N) is 5. The number of fused-ring (bicyclic) bond motifs is 1. The zero-order valence-corrected chi connectivity index (χ0v) is 11.0. The summed E-state index contributed by atoms with van der Waals surface area (Å²) < 4.78 is 28.6. The first kappa shape index (κ1) is 12.7. The van der Waals surface area contributed by atoms with Crippen molar-refractivity contribution in [3.05, 3.63) is 29.8 Å². The SMILES string of the molecule is CSc1nc(N)n2nc(-c3c(F)cccc3F)nc2n1. The third kappa shape index (κ3) is 1.95. The summed E-state index contributed by atoms with van der Waals surface area (Å²) in [4.78, 5) is 12.1. The highest BCUT2D eigenvalue weighted by atomic mass is 32.2. The summed E-state index contributed by atoms with van der Waals surface area (Å²) in [6, 6.07) is 3.53. The highest BCUT2D eigenvalue weighted by molar-refractivity contribution is 7.98. The van der Waals surface area contributed by atoms with Gasteiger partial charge in [-0.15, -0.1) is 5.10 Å². The van der Waals surface area contributed by atoms with E-state index in [4.69, 9.17) is 5.73 Å². The molecule has 9 heteroatoms. The number of thioether (sulfide) groups is 1. The Kier molecular flexibility index (Phi) is 2.97. The second-order valence-electron chi connectivity index (χ2n) is 3.81. The van der Waals surface area contributed by atoms with Gasteiger partial charge in [0.2, 0.25) is 5.95 Å². The molecule has 0 unspecified atom stereocenters. The first-order chi connectivity index (χ1) is 9.60. The van der Waals surface area contributed by atoms with Gasteiger partial charge in [-0.2, -0.15) is 19.5 Å². The summed E-state index contributed by atoms with van der Waals surface area (Å²) in [7, 11) is 0.